The highest BCUT2D eigenvalue weighted by atomic mass is 127. The molecule has 5 heteroatoms. The van der Waals surface area contributed by atoms with E-state index >= 15 is 0 Å². The normalized spacial score (nSPS) is 28.0. The summed E-state index contributed by atoms with van der Waals surface area (Å²) in [6, 6.07) is 1.25. The van der Waals surface area contributed by atoms with Crippen molar-refractivity contribution in [2.24, 2.45) is 16.8 Å². The Bertz CT molecular complexity index is 318. The van der Waals surface area contributed by atoms with Gasteiger partial charge in [0, 0.05) is 25.7 Å². The molecule has 2 aliphatic rings. The zero-order chi connectivity index (χ0) is 14.5. The highest BCUT2D eigenvalue weighted by Crippen LogP contribution is 2.34. The summed E-state index contributed by atoms with van der Waals surface area (Å²) in [5.74, 6) is 2.76. The molecule has 0 spiro atoms. The Morgan fingerprint density at radius 2 is 1.76 bits per heavy atom. The molecule has 2 N–H and O–H groups in total. The lowest BCUT2D eigenvalue weighted by Crippen LogP contribution is -2.49. The molecule has 0 radical (unpaired) electrons. The minimum atomic E-state index is 0. The summed E-state index contributed by atoms with van der Waals surface area (Å²) < 4.78 is 0. The number of halogens is 1. The molecule has 0 aliphatic heterocycles. The summed E-state index contributed by atoms with van der Waals surface area (Å²) in [5, 5.41) is 7.13. The average molecular weight is 408 g/mol. The first-order valence-corrected chi connectivity index (χ1v) is 8.23. The topological polar surface area (TPSA) is 39.7 Å². The minimum Gasteiger partial charge on any atom is -0.355 e. The van der Waals surface area contributed by atoms with Gasteiger partial charge in [0.15, 0.2) is 5.96 Å². The summed E-state index contributed by atoms with van der Waals surface area (Å²) in [7, 11) is 6.25. The highest BCUT2D eigenvalue weighted by Gasteiger charge is 2.32. The molecule has 1 unspecified atom stereocenters. The van der Waals surface area contributed by atoms with E-state index in [2.05, 4.69) is 41.5 Å². The summed E-state index contributed by atoms with van der Waals surface area (Å²) >= 11 is 0. The van der Waals surface area contributed by atoms with Crippen molar-refractivity contribution in [3.63, 3.8) is 0 Å². The number of rotatable bonds is 5. The first-order valence-electron chi connectivity index (χ1n) is 8.23. The van der Waals surface area contributed by atoms with Gasteiger partial charge in [0.1, 0.15) is 0 Å². The van der Waals surface area contributed by atoms with Crippen LogP contribution >= 0.6 is 24.0 Å². The van der Waals surface area contributed by atoms with E-state index in [1.165, 1.54) is 38.5 Å². The van der Waals surface area contributed by atoms with Crippen molar-refractivity contribution in [1.82, 2.24) is 15.5 Å². The second-order valence-corrected chi connectivity index (χ2v) is 6.92. The Morgan fingerprint density at radius 1 is 1.14 bits per heavy atom. The highest BCUT2D eigenvalue weighted by molar-refractivity contribution is 14.0. The van der Waals surface area contributed by atoms with Crippen LogP contribution in [0.1, 0.15) is 45.4 Å². The molecule has 2 rings (SSSR count). The Labute approximate surface area is 147 Å². The lowest BCUT2D eigenvalue weighted by Gasteiger charge is -2.30. The van der Waals surface area contributed by atoms with Gasteiger partial charge < -0.3 is 15.5 Å². The third kappa shape index (κ3) is 6.30. The Balaban J connectivity index is 0.00000220. The number of aliphatic imine (C=N–C) groups is 1. The van der Waals surface area contributed by atoms with Crippen molar-refractivity contribution >= 4 is 29.9 Å². The molecule has 124 valence electrons. The van der Waals surface area contributed by atoms with Gasteiger partial charge in [-0.2, -0.15) is 0 Å². The smallest absolute Gasteiger partial charge is 0.191 e. The number of nitrogens with zero attached hydrogens (tertiary/aromatic N) is 2. The minimum absolute atomic E-state index is 0. The van der Waals surface area contributed by atoms with Gasteiger partial charge in [-0.25, -0.2) is 0 Å². The van der Waals surface area contributed by atoms with E-state index in [4.69, 9.17) is 0 Å². The maximum atomic E-state index is 4.39. The standard InChI is InChI=1S/C16H32N4.HI/c1-12-5-9-14(10-6-12)19-16(17-2)18-11-15(20(3)4)13-7-8-13;/h12-15H,5-11H2,1-4H3,(H2,17,18,19);1H. The second kappa shape index (κ2) is 9.18. The average Bonchev–Trinajstić information content (AvgIpc) is 3.24. The van der Waals surface area contributed by atoms with Crippen LogP contribution in [0.15, 0.2) is 4.99 Å². The van der Waals surface area contributed by atoms with Crippen LogP contribution in [0.4, 0.5) is 0 Å². The molecule has 2 aliphatic carbocycles. The molecule has 0 bridgehead atoms. The molecule has 4 nitrogen and oxygen atoms in total. The van der Waals surface area contributed by atoms with Crippen molar-refractivity contribution in [1.29, 1.82) is 0 Å². The van der Waals surface area contributed by atoms with Crippen molar-refractivity contribution in [3.8, 4) is 0 Å². The molecular weight excluding hydrogens is 375 g/mol. The monoisotopic (exact) mass is 408 g/mol. The quantitative estimate of drug-likeness (QED) is 0.418. The fourth-order valence-corrected chi connectivity index (χ4v) is 3.25. The number of likely N-dealkylation sites (N-methyl/N-ethyl adjacent to an activating group) is 1. The first-order chi connectivity index (χ1) is 9.60. The van der Waals surface area contributed by atoms with E-state index in [0.717, 1.165) is 24.3 Å². The Kier molecular flexibility index (Phi) is 8.31. The van der Waals surface area contributed by atoms with Crippen molar-refractivity contribution in [2.75, 3.05) is 27.7 Å². The molecule has 1 atom stereocenters. The van der Waals surface area contributed by atoms with E-state index in [1.807, 2.05) is 7.05 Å². The zero-order valence-electron chi connectivity index (χ0n) is 14.1. The van der Waals surface area contributed by atoms with Crippen LogP contribution in [0.3, 0.4) is 0 Å². The maximum Gasteiger partial charge on any atom is 0.191 e. The Morgan fingerprint density at radius 3 is 2.24 bits per heavy atom. The maximum absolute atomic E-state index is 4.39. The molecule has 0 aromatic heterocycles. The summed E-state index contributed by atoms with van der Waals surface area (Å²) in [6.07, 6.45) is 8.02. The van der Waals surface area contributed by atoms with E-state index < -0.39 is 0 Å². The molecule has 0 heterocycles. The molecule has 0 aromatic carbocycles. The lowest BCUT2D eigenvalue weighted by molar-refractivity contribution is 0.263. The predicted octanol–water partition coefficient (Wildman–Crippen LogP) is 2.69. The molecule has 2 fully saturated rings. The first kappa shape index (κ1) is 19.0. The van der Waals surface area contributed by atoms with Crippen molar-refractivity contribution < 1.29 is 0 Å². The molecule has 2 saturated carbocycles. The van der Waals surface area contributed by atoms with Crippen LogP contribution < -0.4 is 10.6 Å². The van der Waals surface area contributed by atoms with Gasteiger partial charge in [-0.1, -0.05) is 6.92 Å². The lowest BCUT2D eigenvalue weighted by atomic mass is 9.87. The van der Waals surface area contributed by atoms with Gasteiger partial charge in [-0.15, -0.1) is 24.0 Å². The van der Waals surface area contributed by atoms with Crippen LogP contribution in [0.2, 0.25) is 0 Å². The van der Waals surface area contributed by atoms with E-state index in [9.17, 15) is 0 Å². The summed E-state index contributed by atoms with van der Waals surface area (Å²) in [4.78, 5) is 6.74. The van der Waals surface area contributed by atoms with Crippen LogP contribution in [0.5, 0.6) is 0 Å². The molecule has 21 heavy (non-hydrogen) atoms. The van der Waals surface area contributed by atoms with Crippen LogP contribution in [0.25, 0.3) is 0 Å². The van der Waals surface area contributed by atoms with E-state index in [-0.39, 0.29) is 24.0 Å². The molecular formula is C16H33IN4. The predicted molar refractivity (Wildman–Crippen MR) is 102 cm³/mol. The Hall–Kier alpha value is -0.0400. The molecule has 0 amide bonds. The number of hydrogen-bond acceptors (Lipinski definition) is 2. The van der Waals surface area contributed by atoms with Crippen LogP contribution in [0, 0.1) is 11.8 Å². The fourth-order valence-electron chi connectivity index (χ4n) is 3.25. The fraction of sp³-hybridized carbons (Fsp3) is 0.938. The van der Waals surface area contributed by atoms with Gasteiger partial charge in [0.25, 0.3) is 0 Å². The SMILES string of the molecule is CN=C(NCC(C1CC1)N(C)C)NC1CCC(C)CC1.I. The van der Waals surface area contributed by atoms with E-state index in [0.29, 0.717) is 12.1 Å². The van der Waals surface area contributed by atoms with Gasteiger partial charge in [0.05, 0.1) is 0 Å². The number of hydrogen-bond donors (Lipinski definition) is 2. The second-order valence-electron chi connectivity index (χ2n) is 6.92. The van der Waals surface area contributed by atoms with Crippen LogP contribution in [-0.4, -0.2) is 50.6 Å². The van der Waals surface area contributed by atoms with Crippen molar-refractivity contribution in [2.45, 2.75) is 57.5 Å². The van der Waals surface area contributed by atoms with Gasteiger partial charge in [0.2, 0.25) is 0 Å². The van der Waals surface area contributed by atoms with Gasteiger partial charge in [-0.05, 0) is 64.5 Å². The zero-order valence-corrected chi connectivity index (χ0v) is 16.4. The number of nitrogens with one attached hydrogen (secondary N) is 2. The van der Waals surface area contributed by atoms with Crippen molar-refractivity contribution in [3.05, 3.63) is 0 Å². The van der Waals surface area contributed by atoms with Gasteiger partial charge >= 0.3 is 0 Å². The molecule has 0 aromatic rings. The van der Waals surface area contributed by atoms with Gasteiger partial charge in [-0.3, -0.25) is 4.99 Å². The van der Waals surface area contributed by atoms with Crippen LogP contribution in [-0.2, 0) is 0 Å². The summed E-state index contributed by atoms with van der Waals surface area (Å²) in [5.41, 5.74) is 0. The summed E-state index contributed by atoms with van der Waals surface area (Å²) in [6.45, 7) is 3.36. The number of guanidine groups is 1. The third-order valence-electron chi connectivity index (χ3n) is 4.89. The van der Waals surface area contributed by atoms with E-state index in [1.54, 1.807) is 0 Å². The molecule has 0 saturated heterocycles. The third-order valence-corrected chi connectivity index (χ3v) is 4.89. The largest absolute Gasteiger partial charge is 0.355 e.